The molecule has 1 aromatic heterocycles. The van der Waals surface area contributed by atoms with E-state index in [4.69, 9.17) is 0 Å². The van der Waals surface area contributed by atoms with E-state index >= 15 is 0 Å². The molecule has 0 spiro atoms. The van der Waals surface area contributed by atoms with Gasteiger partial charge in [-0.3, -0.25) is 14.7 Å². The quantitative estimate of drug-likeness (QED) is 0.927. The molecule has 1 aromatic rings. The number of carbonyl (C=O) groups excluding carboxylic acids is 1. The molecule has 0 radical (unpaired) electrons. The van der Waals surface area contributed by atoms with Crippen molar-refractivity contribution in [2.24, 2.45) is 0 Å². The summed E-state index contributed by atoms with van der Waals surface area (Å²) < 4.78 is 38.4. The summed E-state index contributed by atoms with van der Waals surface area (Å²) in [5.74, 6) is -0.418. The van der Waals surface area contributed by atoms with Gasteiger partial charge < -0.3 is 5.32 Å². The van der Waals surface area contributed by atoms with Gasteiger partial charge in [0, 0.05) is 12.4 Å². The second kappa shape index (κ2) is 6.89. The van der Waals surface area contributed by atoms with Crippen LogP contribution >= 0.6 is 0 Å². The number of alkyl halides is 3. The van der Waals surface area contributed by atoms with Crippen LogP contribution < -0.4 is 5.32 Å². The molecule has 1 fully saturated rings. The normalized spacial score (nSPS) is 16.7. The number of aromatic nitrogens is 1. The average Bonchev–Trinajstić information content (AvgIpc) is 2.46. The number of rotatable bonds is 4. The fourth-order valence-corrected chi connectivity index (χ4v) is 2.40. The molecule has 116 valence electrons. The monoisotopic (exact) mass is 301 g/mol. The SMILES string of the molecule is O=C(Cc1cnccc1C(F)(F)F)NCN1CCCCC1. The van der Waals surface area contributed by atoms with Crippen molar-refractivity contribution in [3.05, 3.63) is 29.6 Å². The Kier molecular flexibility index (Phi) is 5.17. The van der Waals surface area contributed by atoms with Crippen LogP contribution in [0.3, 0.4) is 0 Å². The molecule has 1 aliphatic rings. The van der Waals surface area contributed by atoms with E-state index in [0.717, 1.165) is 44.4 Å². The van der Waals surface area contributed by atoms with Crippen LogP contribution in [-0.2, 0) is 17.4 Å². The first-order valence-corrected chi connectivity index (χ1v) is 6.96. The van der Waals surface area contributed by atoms with Gasteiger partial charge >= 0.3 is 6.18 Å². The molecule has 0 aromatic carbocycles. The van der Waals surface area contributed by atoms with Crippen LogP contribution in [0.5, 0.6) is 0 Å². The fourth-order valence-electron chi connectivity index (χ4n) is 2.40. The number of hydrogen-bond acceptors (Lipinski definition) is 3. The molecular weight excluding hydrogens is 283 g/mol. The molecular formula is C14H18F3N3O. The Morgan fingerprint density at radius 1 is 1.29 bits per heavy atom. The number of hydrogen-bond donors (Lipinski definition) is 1. The molecule has 2 rings (SSSR count). The number of carbonyl (C=O) groups is 1. The predicted octanol–water partition coefficient (Wildman–Crippen LogP) is 2.20. The smallest absolute Gasteiger partial charge is 0.343 e. The molecule has 1 aliphatic heterocycles. The van der Waals surface area contributed by atoms with Gasteiger partial charge in [0.1, 0.15) is 0 Å². The number of piperidine rings is 1. The van der Waals surface area contributed by atoms with Crippen molar-refractivity contribution < 1.29 is 18.0 Å². The maximum atomic E-state index is 12.8. The van der Waals surface area contributed by atoms with E-state index in [9.17, 15) is 18.0 Å². The summed E-state index contributed by atoms with van der Waals surface area (Å²) in [6.07, 6.45) is 0.783. The summed E-state index contributed by atoms with van der Waals surface area (Å²) in [7, 11) is 0. The minimum Gasteiger partial charge on any atom is -0.343 e. The number of likely N-dealkylation sites (tertiary alicyclic amines) is 1. The Morgan fingerprint density at radius 3 is 2.67 bits per heavy atom. The van der Waals surface area contributed by atoms with Gasteiger partial charge in [-0.25, -0.2) is 0 Å². The molecule has 21 heavy (non-hydrogen) atoms. The Bertz CT molecular complexity index is 485. The van der Waals surface area contributed by atoms with E-state index in [1.165, 1.54) is 6.42 Å². The van der Waals surface area contributed by atoms with Crippen LogP contribution in [0.4, 0.5) is 13.2 Å². The highest BCUT2D eigenvalue weighted by Crippen LogP contribution is 2.31. The summed E-state index contributed by atoms with van der Waals surface area (Å²) in [4.78, 5) is 17.6. The van der Waals surface area contributed by atoms with E-state index in [1.807, 2.05) is 0 Å². The van der Waals surface area contributed by atoms with Crippen molar-refractivity contribution in [1.82, 2.24) is 15.2 Å². The number of halogens is 3. The highest BCUT2D eigenvalue weighted by atomic mass is 19.4. The summed E-state index contributed by atoms with van der Waals surface area (Å²) in [6.45, 7) is 2.22. The van der Waals surface area contributed by atoms with Crippen molar-refractivity contribution in [2.45, 2.75) is 31.9 Å². The predicted molar refractivity (Wildman–Crippen MR) is 71.4 cm³/mol. The first-order chi connectivity index (χ1) is 9.97. The molecule has 0 unspecified atom stereocenters. The lowest BCUT2D eigenvalue weighted by Gasteiger charge is -2.26. The maximum absolute atomic E-state index is 12.8. The lowest BCUT2D eigenvalue weighted by atomic mass is 10.1. The standard InChI is InChI=1S/C14H18F3N3O/c15-14(16,17)12-4-5-18-9-11(12)8-13(21)19-10-20-6-2-1-3-7-20/h4-5,9H,1-3,6-8,10H2,(H,19,21). The van der Waals surface area contributed by atoms with Crippen LogP contribution in [0.25, 0.3) is 0 Å². The molecule has 1 N–H and O–H groups in total. The van der Waals surface area contributed by atoms with Crippen molar-refractivity contribution in [3.63, 3.8) is 0 Å². The number of nitrogens with one attached hydrogen (secondary N) is 1. The minimum absolute atomic E-state index is 0.0962. The third kappa shape index (κ3) is 4.70. The van der Waals surface area contributed by atoms with Gasteiger partial charge in [-0.2, -0.15) is 13.2 Å². The maximum Gasteiger partial charge on any atom is 0.416 e. The highest BCUT2D eigenvalue weighted by Gasteiger charge is 2.33. The molecule has 4 nitrogen and oxygen atoms in total. The van der Waals surface area contributed by atoms with E-state index < -0.39 is 17.6 Å². The summed E-state index contributed by atoms with van der Waals surface area (Å²) in [5, 5.41) is 2.67. The summed E-state index contributed by atoms with van der Waals surface area (Å²) in [6, 6.07) is 0.896. The molecule has 1 saturated heterocycles. The Morgan fingerprint density at radius 2 is 2.00 bits per heavy atom. The molecule has 1 amide bonds. The van der Waals surface area contributed by atoms with Crippen molar-refractivity contribution in [2.75, 3.05) is 19.8 Å². The lowest BCUT2D eigenvalue weighted by molar-refractivity contribution is -0.138. The lowest BCUT2D eigenvalue weighted by Crippen LogP contribution is -2.41. The average molecular weight is 301 g/mol. The van der Waals surface area contributed by atoms with Crippen LogP contribution in [-0.4, -0.2) is 35.5 Å². The van der Waals surface area contributed by atoms with Crippen LogP contribution in [0.2, 0.25) is 0 Å². The first-order valence-electron chi connectivity index (χ1n) is 6.96. The number of nitrogens with zero attached hydrogens (tertiary/aromatic N) is 2. The van der Waals surface area contributed by atoms with Crippen LogP contribution in [0, 0.1) is 0 Å². The third-order valence-corrected chi connectivity index (χ3v) is 3.51. The van der Waals surface area contributed by atoms with E-state index in [2.05, 4.69) is 15.2 Å². The molecule has 0 atom stereocenters. The van der Waals surface area contributed by atoms with Gasteiger partial charge in [0.25, 0.3) is 0 Å². The summed E-state index contributed by atoms with van der Waals surface area (Å²) >= 11 is 0. The third-order valence-electron chi connectivity index (χ3n) is 3.51. The van der Waals surface area contributed by atoms with Gasteiger partial charge in [-0.15, -0.1) is 0 Å². The van der Waals surface area contributed by atoms with E-state index in [1.54, 1.807) is 0 Å². The number of pyridine rings is 1. The Balaban J connectivity index is 1.90. The van der Waals surface area contributed by atoms with Gasteiger partial charge in [0.05, 0.1) is 18.7 Å². The fraction of sp³-hybridized carbons (Fsp3) is 0.571. The van der Waals surface area contributed by atoms with E-state index in [0.29, 0.717) is 6.67 Å². The second-order valence-electron chi connectivity index (χ2n) is 5.14. The zero-order valence-corrected chi connectivity index (χ0v) is 11.6. The van der Waals surface area contributed by atoms with Crippen molar-refractivity contribution in [3.8, 4) is 0 Å². The molecule has 0 bridgehead atoms. The minimum atomic E-state index is -4.47. The highest BCUT2D eigenvalue weighted by molar-refractivity contribution is 5.78. The zero-order chi connectivity index (χ0) is 15.3. The van der Waals surface area contributed by atoms with Crippen LogP contribution in [0.1, 0.15) is 30.4 Å². The van der Waals surface area contributed by atoms with Crippen molar-refractivity contribution >= 4 is 5.91 Å². The van der Waals surface area contributed by atoms with Crippen LogP contribution in [0.15, 0.2) is 18.5 Å². The number of amides is 1. The van der Waals surface area contributed by atoms with Gasteiger partial charge in [0.2, 0.25) is 5.91 Å². The van der Waals surface area contributed by atoms with Crippen molar-refractivity contribution in [1.29, 1.82) is 0 Å². The Hall–Kier alpha value is -1.63. The second-order valence-corrected chi connectivity index (χ2v) is 5.14. The first kappa shape index (κ1) is 15.8. The molecule has 2 heterocycles. The molecule has 0 aliphatic carbocycles. The van der Waals surface area contributed by atoms with Gasteiger partial charge in [-0.1, -0.05) is 6.42 Å². The largest absolute Gasteiger partial charge is 0.416 e. The zero-order valence-electron chi connectivity index (χ0n) is 11.6. The molecule has 0 saturated carbocycles. The Labute approximate surface area is 121 Å². The summed E-state index contributed by atoms with van der Waals surface area (Å²) in [5.41, 5.74) is -0.897. The van der Waals surface area contributed by atoms with Gasteiger partial charge in [-0.05, 0) is 37.6 Å². The van der Waals surface area contributed by atoms with E-state index in [-0.39, 0.29) is 12.0 Å². The topological polar surface area (TPSA) is 45.2 Å². The molecule has 7 heteroatoms. The van der Waals surface area contributed by atoms with Gasteiger partial charge in [0.15, 0.2) is 0 Å².